The lowest BCUT2D eigenvalue weighted by atomic mass is 10.1. The maximum atomic E-state index is 13.8. The molecule has 0 bridgehead atoms. The number of nitrogens with zero attached hydrogens (tertiary/aromatic N) is 5. The summed E-state index contributed by atoms with van der Waals surface area (Å²) in [5.41, 5.74) is 12.6. The Balaban J connectivity index is 0.000000644. The number of alkyl halides is 3. The molecule has 0 spiro atoms. The molecule has 9 nitrogen and oxygen atoms in total. The third kappa shape index (κ3) is 9.21. The highest BCUT2D eigenvalue weighted by atomic mass is 35.5. The third-order valence-corrected chi connectivity index (χ3v) is 9.21. The predicted octanol–water partition coefficient (Wildman–Crippen LogP) is 5.18. The Morgan fingerprint density at radius 1 is 0.979 bits per heavy atom. The number of halogens is 4. The van der Waals surface area contributed by atoms with Gasteiger partial charge in [-0.1, -0.05) is 35.9 Å². The Labute approximate surface area is 279 Å². The molecule has 1 aromatic heterocycles. The van der Waals surface area contributed by atoms with Crippen LogP contribution in [0, 0.1) is 6.92 Å². The number of amides is 1. The number of carboxylic acid groups (broad SMARTS) is 1. The second kappa shape index (κ2) is 15.9. The van der Waals surface area contributed by atoms with Crippen LogP contribution in [0.2, 0.25) is 5.02 Å². The van der Waals surface area contributed by atoms with E-state index in [1.54, 1.807) is 0 Å². The molecular weight excluding hydrogens is 633 g/mol. The van der Waals surface area contributed by atoms with E-state index in [0.717, 1.165) is 87.3 Å². The molecule has 0 unspecified atom stereocenters. The number of carbonyl (C=O) groups is 2. The fraction of sp³-hybridized carbons (Fsp3) is 0.471. The number of aromatic nitrogens is 1. The lowest BCUT2D eigenvalue weighted by Gasteiger charge is -2.41. The summed E-state index contributed by atoms with van der Waals surface area (Å²) in [6, 6.07) is 19.1. The number of hydrogen-bond acceptors (Lipinski definition) is 6. The Morgan fingerprint density at radius 2 is 1.64 bits per heavy atom. The molecule has 2 fully saturated rings. The third-order valence-electron chi connectivity index (χ3n) is 8.89. The van der Waals surface area contributed by atoms with E-state index in [4.69, 9.17) is 27.2 Å². The first-order valence-electron chi connectivity index (χ1n) is 15.8. The zero-order chi connectivity index (χ0) is 34.3. The molecule has 47 heavy (non-hydrogen) atoms. The summed E-state index contributed by atoms with van der Waals surface area (Å²) in [4.78, 5) is 32.0. The van der Waals surface area contributed by atoms with Gasteiger partial charge in [0.15, 0.2) is 0 Å². The summed E-state index contributed by atoms with van der Waals surface area (Å²) in [5, 5.41) is 7.93. The van der Waals surface area contributed by atoms with Gasteiger partial charge in [-0.25, -0.2) is 4.79 Å². The van der Waals surface area contributed by atoms with Crippen LogP contribution < -0.4 is 15.5 Å². The number of benzene rings is 2. The average Bonchev–Trinajstić information content (AvgIpc) is 3.32. The van der Waals surface area contributed by atoms with Crippen molar-refractivity contribution < 1.29 is 27.9 Å². The molecule has 1 atom stereocenters. The molecule has 0 radical (unpaired) electrons. The quantitative estimate of drug-likeness (QED) is 0.339. The molecule has 2 saturated heterocycles. The van der Waals surface area contributed by atoms with Crippen LogP contribution in [0.3, 0.4) is 0 Å². The number of rotatable bonds is 8. The van der Waals surface area contributed by atoms with Crippen LogP contribution in [-0.4, -0.2) is 95.9 Å². The first-order valence-corrected chi connectivity index (χ1v) is 16.2. The summed E-state index contributed by atoms with van der Waals surface area (Å²) < 4.78 is 33.8. The van der Waals surface area contributed by atoms with E-state index in [9.17, 15) is 18.0 Å². The zero-order valence-electron chi connectivity index (χ0n) is 27.1. The molecule has 3 aromatic rings. The van der Waals surface area contributed by atoms with Crippen molar-refractivity contribution in [3.05, 3.63) is 82.1 Å². The van der Waals surface area contributed by atoms with Gasteiger partial charge < -0.3 is 30.1 Å². The van der Waals surface area contributed by atoms with Crippen molar-refractivity contribution in [1.82, 2.24) is 14.4 Å². The molecule has 256 valence electrons. The van der Waals surface area contributed by atoms with Crippen molar-refractivity contribution in [2.24, 2.45) is 12.8 Å². The molecule has 1 amide bonds. The molecule has 0 aliphatic carbocycles. The number of piperazine rings is 2. The smallest absolute Gasteiger partial charge is 0.475 e. The number of anilines is 2. The number of hydrogen-bond donors (Lipinski definition) is 2. The maximum absolute atomic E-state index is 13.8. The van der Waals surface area contributed by atoms with Gasteiger partial charge >= 0.3 is 12.1 Å². The first-order chi connectivity index (χ1) is 22.3. The van der Waals surface area contributed by atoms with E-state index >= 15 is 0 Å². The summed E-state index contributed by atoms with van der Waals surface area (Å²) >= 11 is 6.43. The second-order valence-electron chi connectivity index (χ2n) is 12.1. The predicted molar refractivity (Wildman–Crippen MR) is 179 cm³/mol. The molecule has 0 saturated carbocycles. The van der Waals surface area contributed by atoms with Crippen LogP contribution in [0.1, 0.15) is 40.7 Å². The van der Waals surface area contributed by atoms with Gasteiger partial charge in [0.25, 0.3) is 5.91 Å². The topological polar surface area (TPSA) is 98.3 Å². The minimum Gasteiger partial charge on any atom is -0.475 e. The average molecular weight is 677 g/mol. The zero-order valence-corrected chi connectivity index (χ0v) is 27.9. The van der Waals surface area contributed by atoms with Gasteiger partial charge in [-0.05, 0) is 74.7 Å². The first kappa shape index (κ1) is 36.1. The molecule has 13 heteroatoms. The highest BCUT2D eigenvalue weighted by Crippen LogP contribution is 2.28. The van der Waals surface area contributed by atoms with Crippen LogP contribution in [0.5, 0.6) is 0 Å². The molecule has 3 N–H and O–H groups in total. The van der Waals surface area contributed by atoms with E-state index in [-0.39, 0.29) is 11.9 Å². The Hall–Kier alpha value is -3.74. The highest BCUT2D eigenvalue weighted by Gasteiger charge is 2.38. The second-order valence-corrected chi connectivity index (χ2v) is 12.5. The van der Waals surface area contributed by atoms with E-state index in [0.29, 0.717) is 6.54 Å². The fourth-order valence-corrected chi connectivity index (χ4v) is 6.33. The Bertz CT molecular complexity index is 1520. The number of aliphatic carboxylic acids is 1. The van der Waals surface area contributed by atoms with Gasteiger partial charge in [0, 0.05) is 76.8 Å². The molecule has 5 rings (SSSR count). The SMILES string of the molecule is Cc1c(CN2CCN(c3ccccc3Cl)CC2)cc(C(=O)N2CCN(c3cccc(CCCN)c3)C[C@H]2C)n1C.O=C(O)C(F)(F)F. The highest BCUT2D eigenvalue weighted by molar-refractivity contribution is 6.33. The fourth-order valence-electron chi connectivity index (χ4n) is 6.08. The monoisotopic (exact) mass is 676 g/mol. The van der Waals surface area contributed by atoms with Crippen molar-refractivity contribution in [3.63, 3.8) is 0 Å². The van der Waals surface area contributed by atoms with Crippen LogP contribution in [0.25, 0.3) is 0 Å². The number of nitrogens with two attached hydrogens (primary N) is 1. The van der Waals surface area contributed by atoms with E-state index in [1.165, 1.54) is 16.8 Å². The molecule has 3 heterocycles. The van der Waals surface area contributed by atoms with Gasteiger partial charge in [-0.3, -0.25) is 9.69 Å². The van der Waals surface area contributed by atoms with Gasteiger partial charge in [0.2, 0.25) is 0 Å². The molecule has 2 aliphatic rings. The standard InChI is InChI=1S/C32H43ClN6O.C2HF3O2/c1-24-22-38(28-10-6-8-26(20-28)9-7-13-34)18-19-39(24)32(40)31-21-27(25(2)35(31)3)23-36-14-16-37(17-15-36)30-12-5-4-11-29(30)33;3-2(4,5)1(6)7/h4-6,8,10-12,20-21,24H,7,9,13-19,22-23,34H2,1-3H3;(H,6,7)/t24-;/m1./s1. The lowest BCUT2D eigenvalue weighted by molar-refractivity contribution is -0.192. The van der Waals surface area contributed by atoms with Crippen LogP contribution in [0.4, 0.5) is 24.5 Å². The molecule has 2 aliphatic heterocycles. The number of para-hydroxylation sites is 1. The normalized spacial score (nSPS) is 17.4. The van der Waals surface area contributed by atoms with Crippen molar-refractivity contribution in [2.75, 3.05) is 62.2 Å². The Kier molecular flexibility index (Phi) is 12.2. The molecular formula is C34H44ClF3N6O3. The summed E-state index contributed by atoms with van der Waals surface area (Å²) in [6.07, 6.45) is -3.08. The van der Waals surface area contributed by atoms with Crippen molar-refractivity contribution >= 4 is 34.9 Å². The number of carbonyl (C=O) groups excluding carboxylic acids is 1. The van der Waals surface area contributed by atoms with Gasteiger partial charge in [0.1, 0.15) is 5.69 Å². The summed E-state index contributed by atoms with van der Waals surface area (Å²) in [7, 11) is 2.02. The molecule has 2 aromatic carbocycles. The van der Waals surface area contributed by atoms with E-state index < -0.39 is 12.1 Å². The van der Waals surface area contributed by atoms with E-state index in [2.05, 4.69) is 74.4 Å². The van der Waals surface area contributed by atoms with Crippen LogP contribution in [-0.2, 0) is 24.8 Å². The largest absolute Gasteiger partial charge is 0.490 e. The number of aryl methyl sites for hydroxylation is 1. The van der Waals surface area contributed by atoms with Crippen molar-refractivity contribution in [3.8, 4) is 0 Å². The maximum Gasteiger partial charge on any atom is 0.490 e. The van der Waals surface area contributed by atoms with Crippen LogP contribution >= 0.6 is 11.6 Å². The van der Waals surface area contributed by atoms with Crippen LogP contribution in [0.15, 0.2) is 54.6 Å². The van der Waals surface area contributed by atoms with Crippen molar-refractivity contribution in [2.45, 2.75) is 45.5 Å². The van der Waals surface area contributed by atoms with Gasteiger partial charge in [0.05, 0.1) is 10.7 Å². The minimum atomic E-state index is -5.08. The summed E-state index contributed by atoms with van der Waals surface area (Å²) in [5.74, 6) is -2.63. The van der Waals surface area contributed by atoms with Gasteiger partial charge in [-0.15, -0.1) is 0 Å². The number of carboxylic acids is 1. The van der Waals surface area contributed by atoms with Crippen molar-refractivity contribution in [1.29, 1.82) is 0 Å². The van der Waals surface area contributed by atoms with Gasteiger partial charge in [-0.2, -0.15) is 13.2 Å². The Morgan fingerprint density at radius 3 is 2.26 bits per heavy atom. The van der Waals surface area contributed by atoms with E-state index in [1.807, 2.05) is 25.2 Å². The minimum absolute atomic E-state index is 0.129. The summed E-state index contributed by atoms with van der Waals surface area (Å²) in [6.45, 7) is 12.1. The lowest BCUT2D eigenvalue weighted by Crippen LogP contribution is -2.54.